The molecule has 0 aromatic heterocycles. The predicted molar refractivity (Wildman–Crippen MR) is 102 cm³/mol. The Morgan fingerprint density at radius 3 is 2.00 bits per heavy atom. The first kappa shape index (κ1) is 23.6. The third kappa shape index (κ3) is 4.69. The van der Waals surface area contributed by atoms with E-state index in [4.69, 9.17) is 0 Å². The zero-order valence-electron chi connectivity index (χ0n) is 16.0. The molecule has 1 unspecified atom stereocenters. The molecule has 0 amide bonds. The van der Waals surface area contributed by atoms with Crippen molar-refractivity contribution in [1.82, 2.24) is 9.80 Å². The number of hydrogen-bond acceptors (Lipinski definition) is 4. The molecule has 0 fully saturated rings. The van der Waals surface area contributed by atoms with Crippen LogP contribution in [0.1, 0.15) is 24.8 Å². The molecule has 0 radical (unpaired) electrons. The van der Waals surface area contributed by atoms with Crippen LogP contribution in [-0.2, 0) is 9.59 Å². The molecule has 0 saturated heterocycles. The number of carbonyl (C=O) groups is 2. The average molecular weight is 417 g/mol. The van der Waals surface area contributed by atoms with Crippen LogP contribution in [0.4, 0.5) is 8.78 Å². The highest BCUT2D eigenvalue weighted by atomic mass is 35.5. The van der Waals surface area contributed by atoms with Gasteiger partial charge < -0.3 is 20.0 Å². The minimum Gasteiger partial charge on any atom is -0.478 e. The third-order valence-electron chi connectivity index (χ3n) is 4.66. The van der Waals surface area contributed by atoms with Crippen molar-refractivity contribution >= 4 is 24.3 Å². The van der Waals surface area contributed by atoms with Gasteiger partial charge in [-0.25, -0.2) is 18.4 Å². The Morgan fingerprint density at radius 2 is 1.57 bits per heavy atom. The first-order chi connectivity index (χ1) is 12.5. The second-order valence-electron chi connectivity index (χ2n) is 6.72. The van der Waals surface area contributed by atoms with Crippen LogP contribution in [0.5, 0.6) is 0 Å². The van der Waals surface area contributed by atoms with Crippen LogP contribution in [-0.4, -0.2) is 59.6 Å². The monoisotopic (exact) mass is 416 g/mol. The largest absolute Gasteiger partial charge is 0.478 e. The van der Waals surface area contributed by atoms with Gasteiger partial charge in [-0.05, 0) is 38.7 Å². The number of nitrogens with zero attached hydrogens (tertiary/aromatic N) is 2. The molecule has 0 bridgehead atoms. The second kappa shape index (κ2) is 9.16. The predicted octanol–water partition coefficient (Wildman–Crippen LogP) is 3.06. The number of allylic oxidation sites excluding steroid dienone is 1. The number of carboxylic acid groups (broad SMARTS) is 2. The highest BCUT2D eigenvalue weighted by molar-refractivity contribution is 5.98. The molecule has 0 saturated carbocycles. The van der Waals surface area contributed by atoms with E-state index in [9.17, 15) is 28.6 Å². The number of carboxylic acids is 2. The molecule has 1 aliphatic rings. The summed E-state index contributed by atoms with van der Waals surface area (Å²) < 4.78 is 27.6. The summed E-state index contributed by atoms with van der Waals surface area (Å²) in [6.07, 6.45) is 0.337. The van der Waals surface area contributed by atoms with Gasteiger partial charge in [0.1, 0.15) is 11.6 Å². The zero-order chi connectivity index (χ0) is 20.5. The summed E-state index contributed by atoms with van der Waals surface area (Å²) in [6, 6.07) is 2.61. The first-order valence-corrected chi connectivity index (χ1v) is 8.29. The minimum absolute atomic E-state index is 0. The normalized spacial score (nSPS) is 17.1. The van der Waals surface area contributed by atoms with E-state index in [1.54, 1.807) is 14.0 Å². The lowest BCUT2D eigenvalue weighted by molar-refractivity contribution is -0.133. The fourth-order valence-corrected chi connectivity index (χ4v) is 3.32. The Balaban J connectivity index is 0.00000392. The van der Waals surface area contributed by atoms with E-state index in [1.807, 2.05) is 19.0 Å². The summed E-state index contributed by atoms with van der Waals surface area (Å²) in [4.78, 5) is 27.4. The smallest absolute Gasteiger partial charge is 0.334 e. The van der Waals surface area contributed by atoms with Gasteiger partial charge >= 0.3 is 11.9 Å². The highest BCUT2D eigenvalue weighted by Gasteiger charge is 2.39. The van der Waals surface area contributed by atoms with Gasteiger partial charge in [-0.1, -0.05) is 0 Å². The Bertz CT molecular complexity index is 832. The van der Waals surface area contributed by atoms with Gasteiger partial charge in [0, 0.05) is 37.5 Å². The summed E-state index contributed by atoms with van der Waals surface area (Å²) in [5.74, 6) is -5.73. The van der Waals surface area contributed by atoms with Crippen LogP contribution < -0.4 is 0 Å². The van der Waals surface area contributed by atoms with Gasteiger partial charge in [-0.2, -0.15) is 0 Å². The van der Waals surface area contributed by atoms with Crippen LogP contribution in [0.25, 0.3) is 0 Å². The summed E-state index contributed by atoms with van der Waals surface area (Å²) in [5, 5.41) is 19.6. The standard InChI is InChI=1S/C19H22F2N2O4.ClH/c1-10-15(18(24)25)16(11-7-12(20)9-13(21)8-11)17(19(26)27)14(23(10)4)5-6-22(2)3;/h7-9,16H,5-6H2,1-4H3,(H,24,25)(H,26,27);1H. The van der Waals surface area contributed by atoms with Crippen molar-refractivity contribution in [1.29, 1.82) is 0 Å². The van der Waals surface area contributed by atoms with Crippen LogP contribution in [0.15, 0.2) is 40.7 Å². The van der Waals surface area contributed by atoms with Crippen molar-refractivity contribution in [3.05, 3.63) is 57.9 Å². The molecule has 1 heterocycles. The maximum atomic E-state index is 13.8. The Labute approximate surface area is 168 Å². The zero-order valence-corrected chi connectivity index (χ0v) is 16.8. The fraction of sp³-hybridized carbons (Fsp3) is 0.368. The summed E-state index contributed by atoms with van der Waals surface area (Å²) >= 11 is 0. The quantitative estimate of drug-likeness (QED) is 0.741. The van der Waals surface area contributed by atoms with E-state index in [0.717, 1.165) is 12.1 Å². The van der Waals surface area contributed by atoms with Crippen molar-refractivity contribution in [2.24, 2.45) is 0 Å². The number of hydrogen-bond donors (Lipinski definition) is 2. The SMILES string of the molecule is CC1=C(C(=O)O)C(c2cc(F)cc(F)c2)C(C(=O)O)=C(CCN(C)C)N1C.Cl. The third-order valence-corrected chi connectivity index (χ3v) is 4.66. The van der Waals surface area contributed by atoms with Crippen molar-refractivity contribution in [3.63, 3.8) is 0 Å². The van der Waals surface area contributed by atoms with E-state index in [-0.39, 0.29) is 29.1 Å². The van der Waals surface area contributed by atoms with Gasteiger partial charge in [-0.15, -0.1) is 12.4 Å². The van der Waals surface area contributed by atoms with Crippen molar-refractivity contribution in [2.45, 2.75) is 19.3 Å². The van der Waals surface area contributed by atoms with Crippen LogP contribution in [0, 0.1) is 11.6 Å². The van der Waals surface area contributed by atoms with Gasteiger partial charge in [-0.3, -0.25) is 0 Å². The van der Waals surface area contributed by atoms with Crippen LogP contribution in [0.3, 0.4) is 0 Å². The van der Waals surface area contributed by atoms with Crippen molar-refractivity contribution < 1.29 is 28.6 Å². The topological polar surface area (TPSA) is 81.1 Å². The number of rotatable bonds is 6. The molecule has 1 aromatic rings. The average Bonchev–Trinajstić information content (AvgIpc) is 2.53. The molecule has 28 heavy (non-hydrogen) atoms. The Hall–Kier alpha value is -2.45. The molecule has 154 valence electrons. The highest BCUT2D eigenvalue weighted by Crippen LogP contribution is 2.42. The number of halogens is 3. The molecule has 9 heteroatoms. The maximum Gasteiger partial charge on any atom is 0.334 e. The number of aliphatic carboxylic acids is 2. The van der Waals surface area contributed by atoms with E-state index >= 15 is 0 Å². The van der Waals surface area contributed by atoms with E-state index < -0.39 is 29.5 Å². The fourth-order valence-electron chi connectivity index (χ4n) is 3.32. The van der Waals surface area contributed by atoms with Gasteiger partial charge in [0.25, 0.3) is 0 Å². The Kier molecular flexibility index (Phi) is 7.72. The van der Waals surface area contributed by atoms with Gasteiger partial charge in [0.2, 0.25) is 0 Å². The van der Waals surface area contributed by atoms with Gasteiger partial charge in [0.15, 0.2) is 0 Å². The molecule has 2 N–H and O–H groups in total. The minimum atomic E-state index is -1.33. The van der Waals surface area contributed by atoms with Crippen LogP contribution >= 0.6 is 12.4 Å². The molecule has 1 atom stereocenters. The molecule has 6 nitrogen and oxygen atoms in total. The van der Waals surface area contributed by atoms with Crippen molar-refractivity contribution in [3.8, 4) is 0 Å². The maximum absolute atomic E-state index is 13.8. The molecule has 1 aromatic carbocycles. The van der Waals surface area contributed by atoms with E-state index in [1.165, 1.54) is 4.90 Å². The first-order valence-electron chi connectivity index (χ1n) is 8.29. The molecule has 2 rings (SSSR count). The van der Waals surface area contributed by atoms with Crippen LogP contribution in [0.2, 0.25) is 0 Å². The molecule has 0 spiro atoms. The summed E-state index contributed by atoms with van der Waals surface area (Å²) in [7, 11) is 5.25. The lowest BCUT2D eigenvalue weighted by Gasteiger charge is -2.36. The lowest BCUT2D eigenvalue weighted by Crippen LogP contribution is -2.34. The number of benzene rings is 1. The summed E-state index contributed by atoms with van der Waals surface area (Å²) in [5.41, 5.74) is 0.294. The lowest BCUT2D eigenvalue weighted by atomic mass is 9.79. The summed E-state index contributed by atoms with van der Waals surface area (Å²) in [6.45, 7) is 2.08. The second-order valence-corrected chi connectivity index (χ2v) is 6.72. The Morgan fingerprint density at radius 1 is 1.07 bits per heavy atom. The van der Waals surface area contributed by atoms with E-state index in [2.05, 4.69) is 0 Å². The molecular weight excluding hydrogens is 394 g/mol. The molecular formula is C19H23ClF2N2O4. The molecule has 1 aliphatic heterocycles. The van der Waals surface area contributed by atoms with Crippen molar-refractivity contribution in [2.75, 3.05) is 27.7 Å². The van der Waals surface area contributed by atoms with Gasteiger partial charge in [0.05, 0.1) is 17.1 Å². The molecule has 0 aliphatic carbocycles. The van der Waals surface area contributed by atoms with E-state index in [0.29, 0.717) is 30.4 Å².